The largest absolute Gasteiger partial charge is 0.419 e. The van der Waals surface area contributed by atoms with Crippen LogP contribution in [0.15, 0.2) is 12.4 Å². The van der Waals surface area contributed by atoms with E-state index in [0.717, 1.165) is 17.1 Å². The van der Waals surface area contributed by atoms with Crippen LogP contribution in [0.1, 0.15) is 12.5 Å². The highest BCUT2D eigenvalue weighted by atomic mass is 32.1. The molecule has 1 heterocycles. The third-order valence-electron chi connectivity index (χ3n) is 2.05. The molecule has 0 aliphatic rings. The van der Waals surface area contributed by atoms with Gasteiger partial charge in [-0.05, 0) is 6.92 Å². The number of rotatable bonds is 5. The lowest BCUT2D eigenvalue weighted by atomic mass is 10.4. The SMILES string of the molecule is CC(OCCn1cc(C(F)(F)F)cn1)C(N)=S. The maximum atomic E-state index is 12.2. The van der Waals surface area contributed by atoms with E-state index in [1.807, 2.05) is 0 Å². The molecule has 4 nitrogen and oxygen atoms in total. The molecule has 0 bridgehead atoms. The molecule has 0 aliphatic carbocycles. The Morgan fingerprint density at radius 2 is 2.29 bits per heavy atom. The number of hydrogen-bond acceptors (Lipinski definition) is 3. The number of aromatic nitrogens is 2. The van der Waals surface area contributed by atoms with E-state index in [9.17, 15) is 13.2 Å². The predicted octanol–water partition coefficient (Wildman–Crippen LogP) is 1.59. The van der Waals surface area contributed by atoms with E-state index in [0.29, 0.717) is 0 Å². The number of hydrogen-bond donors (Lipinski definition) is 1. The van der Waals surface area contributed by atoms with Gasteiger partial charge >= 0.3 is 6.18 Å². The van der Waals surface area contributed by atoms with Gasteiger partial charge in [0.1, 0.15) is 11.1 Å². The van der Waals surface area contributed by atoms with Crippen molar-refractivity contribution in [3.05, 3.63) is 18.0 Å². The first kappa shape index (κ1) is 13.9. The van der Waals surface area contributed by atoms with Crippen LogP contribution in [0.25, 0.3) is 0 Å². The second-order valence-electron chi connectivity index (χ2n) is 3.41. The quantitative estimate of drug-likeness (QED) is 0.823. The highest BCUT2D eigenvalue weighted by Gasteiger charge is 2.32. The lowest BCUT2D eigenvalue weighted by Crippen LogP contribution is -2.27. The summed E-state index contributed by atoms with van der Waals surface area (Å²) in [7, 11) is 0. The highest BCUT2D eigenvalue weighted by Crippen LogP contribution is 2.28. The zero-order valence-electron chi connectivity index (χ0n) is 9.07. The molecule has 0 spiro atoms. The van der Waals surface area contributed by atoms with Crippen molar-refractivity contribution in [1.82, 2.24) is 9.78 Å². The Kier molecular flexibility index (Phi) is 4.47. The summed E-state index contributed by atoms with van der Waals surface area (Å²) >= 11 is 4.68. The minimum atomic E-state index is -4.37. The van der Waals surface area contributed by atoms with Gasteiger partial charge in [-0.3, -0.25) is 4.68 Å². The lowest BCUT2D eigenvalue weighted by molar-refractivity contribution is -0.137. The van der Waals surface area contributed by atoms with Gasteiger partial charge in [0.15, 0.2) is 0 Å². The molecule has 0 saturated heterocycles. The molecule has 2 N–H and O–H groups in total. The third kappa shape index (κ3) is 4.31. The van der Waals surface area contributed by atoms with Gasteiger partial charge < -0.3 is 10.5 Å². The maximum absolute atomic E-state index is 12.2. The Balaban J connectivity index is 2.43. The highest BCUT2D eigenvalue weighted by molar-refractivity contribution is 7.80. The Morgan fingerprint density at radius 1 is 1.65 bits per heavy atom. The van der Waals surface area contributed by atoms with Crippen molar-refractivity contribution in [2.24, 2.45) is 5.73 Å². The average molecular weight is 267 g/mol. The molecule has 8 heteroatoms. The summed E-state index contributed by atoms with van der Waals surface area (Å²) in [6.45, 7) is 2.08. The van der Waals surface area contributed by atoms with Gasteiger partial charge in [-0.2, -0.15) is 18.3 Å². The number of halogens is 3. The summed E-state index contributed by atoms with van der Waals surface area (Å²) in [5.41, 5.74) is 4.53. The maximum Gasteiger partial charge on any atom is 0.419 e. The van der Waals surface area contributed by atoms with E-state index in [2.05, 4.69) is 17.3 Å². The van der Waals surface area contributed by atoms with Gasteiger partial charge in [0.2, 0.25) is 0 Å². The van der Waals surface area contributed by atoms with Crippen LogP contribution in [0.4, 0.5) is 13.2 Å². The fourth-order valence-electron chi connectivity index (χ4n) is 1.04. The van der Waals surface area contributed by atoms with Crippen LogP contribution in [0.5, 0.6) is 0 Å². The summed E-state index contributed by atoms with van der Waals surface area (Å²) in [4.78, 5) is 0.210. The molecular weight excluding hydrogens is 255 g/mol. The van der Waals surface area contributed by atoms with Crippen LogP contribution in [0, 0.1) is 0 Å². The van der Waals surface area contributed by atoms with Crippen LogP contribution >= 0.6 is 12.2 Å². The topological polar surface area (TPSA) is 53.1 Å². The smallest absolute Gasteiger partial charge is 0.391 e. The normalized spacial score (nSPS) is 13.6. The van der Waals surface area contributed by atoms with Crippen molar-refractivity contribution in [1.29, 1.82) is 0 Å². The van der Waals surface area contributed by atoms with Crippen molar-refractivity contribution in [3.8, 4) is 0 Å². The van der Waals surface area contributed by atoms with Crippen LogP contribution in [-0.4, -0.2) is 27.5 Å². The van der Waals surface area contributed by atoms with E-state index in [-0.39, 0.29) is 18.1 Å². The molecule has 0 saturated carbocycles. The fraction of sp³-hybridized carbons (Fsp3) is 0.556. The molecule has 17 heavy (non-hydrogen) atoms. The van der Waals surface area contributed by atoms with Crippen molar-refractivity contribution >= 4 is 17.2 Å². The summed E-state index contributed by atoms with van der Waals surface area (Å²) in [5.74, 6) is 0. The van der Waals surface area contributed by atoms with Gasteiger partial charge in [-0.1, -0.05) is 12.2 Å². The van der Waals surface area contributed by atoms with E-state index in [1.54, 1.807) is 6.92 Å². The molecule has 0 aromatic carbocycles. The molecule has 0 radical (unpaired) electrons. The molecule has 1 unspecified atom stereocenters. The molecule has 1 rings (SSSR count). The van der Waals surface area contributed by atoms with Crippen LogP contribution in [0.2, 0.25) is 0 Å². The van der Waals surface area contributed by atoms with E-state index >= 15 is 0 Å². The standard InChI is InChI=1S/C9H12F3N3OS/c1-6(8(13)17)16-3-2-15-5-7(4-14-15)9(10,11)12/h4-6H,2-3H2,1H3,(H2,13,17). The Morgan fingerprint density at radius 3 is 2.76 bits per heavy atom. The van der Waals surface area contributed by atoms with Crippen LogP contribution < -0.4 is 5.73 Å². The molecule has 1 aromatic heterocycles. The number of ether oxygens (including phenoxy) is 1. The average Bonchev–Trinajstić information content (AvgIpc) is 2.65. The molecule has 96 valence electrons. The summed E-state index contributed by atoms with van der Waals surface area (Å²) in [5, 5.41) is 3.58. The minimum absolute atomic E-state index is 0.192. The van der Waals surface area contributed by atoms with E-state index < -0.39 is 17.8 Å². The first-order valence-electron chi connectivity index (χ1n) is 4.81. The van der Waals surface area contributed by atoms with Crippen molar-refractivity contribution in [2.45, 2.75) is 25.7 Å². The monoisotopic (exact) mass is 267 g/mol. The second-order valence-corrected chi connectivity index (χ2v) is 3.88. The lowest BCUT2D eigenvalue weighted by Gasteiger charge is -2.10. The number of thiocarbonyl (C=S) groups is 1. The van der Waals surface area contributed by atoms with Crippen molar-refractivity contribution in [2.75, 3.05) is 6.61 Å². The third-order valence-corrected chi connectivity index (χ3v) is 2.38. The number of alkyl halides is 3. The zero-order chi connectivity index (χ0) is 13.1. The molecule has 1 atom stereocenters. The van der Waals surface area contributed by atoms with E-state index in [1.165, 1.54) is 0 Å². The Hall–Kier alpha value is -1.15. The second kappa shape index (κ2) is 5.46. The molecule has 1 aromatic rings. The molecule has 0 aliphatic heterocycles. The zero-order valence-corrected chi connectivity index (χ0v) is 9.88. The molecule has 0 fully saturated rings. The summed E-state index contributed by atoms with van der Waals surface area (Å²) in [6, 6.07) is 0. The van der Waals surface area contributed by atoms with Gasteiger partial charge in [-0.15, -0.1) is 0 Å². The van der Waals surface area contributed by atoms with Gasteiger partial charge in [0.05, 0.1) is 24.9 Å². The number of nitrogens with zero attached hydrogens (tertiary/aromatic N) is 2. The fourth-order valence-corrected chi connectivity index (χ4v) is 1.11. The molecular formula is C9H12F3N3OS. The van der Waals surface area contributed by atoms with Gasteiger partial charge in [-0.25, -0.2) is 0 Å². The Labute approximate surface area is 102 Å². The van der Waals surface area contributed by atoms with Crippen molar-refractivity contribution < 1.29 is 17.9 Å². The predicted molar refractivity (Wildman–Crippen MR) is 59.4 cm³/mol. The Bertz CT molecular complexity index is 391. The minimum Gasteiger partial charge on any atom is -0.391 e. The van der Waals surface area contributed by atoms with Gasteiger partial charge in [0.25, 0.3) is 0 Å². The first-order valence-corrected chi connectivity index (χ1v) is 5.22. The summed E-state index contributed by atoms with van der Waals surface area (Å²) < 4.78 is 43.1. The van der Waals surface area contributed by atoms with Gasteiger partial charge in [0, 0.05) is 6.20 Å². The first-order chi connectivity index (χ1) is 7.80. The summed E-state index contributed by atoms with van der Waals surface area (Å²) in [6.07, 6.45) is -3.07. The number of nitrogens with two attached hydrogens (primary N) is 1. The van der Waals surface area contributed by atoms with Crippen molar-refractivity contribution in [3.63, 3.8) is 0 Å². The van der Waals surface area contributed by atoms with E-state index in [4.69, 9.17) is 10.5 Å². The van der Waals surface area contributed by atoms with Crippen LogP contribution in [-0.2, 0) is 17.5 Å². The molecule has 0 amide bonds. The van der Waals surface area contributed by atoms with Crippen LogP contribution in [0.3, 0.4) is 0 Å².